The van der Waals surface area contributed by atoms with Gasteiger partial charge in [0.15, 0.2) is 0 Å². The van der Waals surface area contributed by atoms with Crippen LogP contribution in [0.2, 0.25) is 5.02 Å². The van der Waals surface area contributed by atoms with E-state index in [-0.39, 0.29) is 6.04 Å². The zero-order valence-corrected chi connectivity index (χ0v) is 11.7. The Labute approximate surface area is 114 Å². The number of nitrogens with two attached hydrogens (primary N) is 1. The topological polar surface area (TPSA) is 46.2 Å². The molecule has 0 aliphatic heterocycles. The Morgan fingerprint density at radius 2 is 1.94 bits per heavy atom. The standard InChI is InChI=1S/C15H22ClNO/c1-10-9-12(16)7-8-13(10)14(17)15(18)11-5-3-2-4-6-11/h7-9,11,14-15,18H,2-6,17H2,1H3/t14-,15+/m0/s1. The highest BCUT2D eigenvalue weighted by Gasteiger charge is 2.28. The van der Waals surface area contributed by atoms with E-state index in [1.54, 1.807) is 0 Å². The summed E-state index contributed by atoms with van der Waals surface area (Å²) in [5.41, 5.74) is 8.30. The van der Waals surface area contributed by atoms with E-state index in [4.69, 9.17) is 17.3 Å². The average Bonchev–Trinajstić information content (AvgIpc) is 2.38. The molecule has 0 unspecified atom stereocenters. The van der Waals surface area contributed by atoms with Crippen LogP contribution in [0.15, 0.2) is 18.2 Å². The molecular weight excluding hydrogens is 246 g/mol. The first-order chi connectivity index (χ1) is 8.59. The van der Waals surface area contributed by atoms with Crippen molar-refractivity contribution in [1.82, 2.24) is 0 Å². The van der Waals surface area contributed by atoms with Gasteiger partial charge in [-0.2, -0.15) is 0 Å². The maximum atomic E-state index is 10.4. The summed E-state index contributed by atoms with van der Waals surface area (Å²) in [5, 5.41) is 11.1. The lowest BCUT2D eigenvalue weighted by Crippen LogP contribution is -2.34. The molecule has 2 atom stereocenters. The Bertz CT molecular complexity index is 401. The Hall–Kier alpha value is -0.570. The van der Waals surface area contributed by atoms with Gasteiger partial charge >= 0.3 is 0 Å². The minimum absolute atomic E-state index is 0.301. The van der Waals surface area contributed by atoms with Crippen molar-refractivity contribution in [3.05, 3.63) is 34.3 Å². The van der Waals surface area contributed by atoms with E-state index >= 15 is 0 Å². The Morgan fingerprint density at radius 1 is 1.28 bits per heavy atom. The van der Waals surface area contributed by atoms with Crippen LogP contribution in [0.3, 0.4) is 0 Å². The number of aryl methyl sites for hydroxylation is 1. The molecule has 1 aliphatic rings. The molecular formula is C15H22ClNO. The number of aliphatic hydroxyl groups is 1. The summed E-state index contributed by atoms with van der Waals surface area (Å²) < 4.78 is 0. The molecule has 0 aromatic heterocycles. The quantitative estimate of drug-likeness (QED) is 0.879. The van der Waals surface area contributed by atoms with Crippen molar-refractivity contribution >= 4 is 11.6 Å². The summed E-state index contributed by atoms with van der Waals surface area (Å²) >= 11 is 5.95. The number of hydrogen-bond acceptors (Lipinski definition) is 2. The van der Waals surface area contributed by atoms with E-state index in [1.807, 2.05) is 25.1 Å². The molecule has 1 fully saturated rings. The second-order valence-corrected chi connectivity index (χ2v) is 5.85. The number of halogens is 1. The molecule has 0 saturated heterocycles. The molecule has 0 heterocycles. The maximum absolute atomic E-state index is 10.4. The van der Waals surface area contributed by atoms with Crippen LogP contribution in [-0.4, -0.2) is 11.2 Å². The fraction of sp³-hybridized carbons (Fsp3) is 0.600. The van der Waals surface area contributed by atoms with Gasteiger partial charge in [0.2, 0.25) is 0 Å². The fourth-order valence-electron chi connectivity index (χ4n) is 2.97. The lowest BCUT2D eigenvalue weighted by Gasteiger charge is -2.31. The molecule has 18 heavy (non-hydrogen) atoms. The van der Waals surface area contributed by atoms with Gasteiger partial charge in [0, 0.05) is 5.02 Å². The molecule has 0 bridgehead atoms. The van der Waals surface area contributed by atoms with Crippen LogP contribution in [-0.2, 0) is 0 Å². The van der Waals surface area contributed by atoms with Crippen LogP contribution in [0.5, 0.6) is 0 Å². The van der Waals surface area contributed by atoms with Gasteiger partial charge in [-0.3, -0.25) is 0 Å². The van der Waals surface area contributed by atoms with Crippen molar-refractivity contribution in [2.24, 2.45) is 11.7 Å². The van der Waals surface area contributed by atoms with Crippen molar-refractivity contribution in [1.29, 1.82) is 0 Å². The van der Waals surface area contributed by atoms with Crippen LogP contribution in [0, 0.1) is 12.8 Å². The minimum atomic E-state index is -0.440. The molecule has 3 heteroatoms. The molecule has 2 rings (SSSR count). The molecule has 0 radical (unpaired) electrons. The lowest BCUT2D eigenvalue weighted by molar-refractivity contribution is 0.0616. The van der Waals surface area contributed by atoms with Gasteiger partial charge in [-0.05, 0) is 48.9 Å². The van der Waals surface area contributed by atoms with Gasteiger partial charge in [0.1, 0.15) is 0 Å². The van der Waals surface area contributed by atoms with E-state index in [0.29, 0.717) is 5.92 Å². The number of rotatable bonds is 3. The average molecular weight is 268 g/mol. The zero-order valence-electron chi connectivity index (χ0n) is 10.9. The zero-order chi connectivity index (χ0) is 13.1. The van der Waals surface area contributed by atoms with Crippen LogP contribution in [0.4, 0.5) is 0 Å². The predicted octanol–water partition coefficient (Wildman–Crippen LogP) is 3.59. The number of benzene rings is 1. The summed E-state index contributed by atoms with van der Waals surface area (Å²) in [7, 11) is 0. The normalized spacial score (nSPS) is 20.7. The van der Waals surface area contributed by atoms with Crippen molar-refractivity contribution in [2.45, 2.75) is 51.2 Å². The van der Waals surface area contributed by atoms with Crippen molar-refractivity contribution in [3.63, 3.8) is 0 Å². The third-order valence-electron chi connectivity index (χ3n) is 4.09. The Kier molecular flexibility index (Phi) is 4.66. The van der Waals surface area contributed by atoms with Gasteiger partial charge in [-0.1, -0.05) is 36.9 Å². The van der Waals surface area contributed by atoms with E-state index in [9.17, 15) is 5.11 Å². The second-order valence-electron chi connectivity index (χ2n) is 5.42. The molecule has 2 nitrogen and oxygen atoms in total. The fourth-order valence-corrected chi connectivity index (χ4v) is 3.19. The molecule has 1 aromatic rings. The summed E-state index contributed by atoms with van der Waals surface area (Å²) in [4.78, 5) is 0. The van der Waals surface area contributed by atoms with Crippen molar-refractivity contribution in [2.75, 3.05) is 0 Å². The van der Waals surface area contributed by atoms with E-state index < -0.39 is 6.10 Å². The highest BCUT2D eigenvalue weighted by Crippen LogP contribution is 2.32. The lowest BCUT2D eigenvalue weighted by atomic mass is 9.81. The van der Waals surface area contributed by atoms with E-state index in [1.165, 1.54) is 19.3 Å². The second kappa shape index (κ2) is 6.05. The van der Waals surface area contributed by atoms with Crippen LogP contribution in [0.25, 0.3) is 0 Å². The number of hydrogen-bond donors (Lipinski definition) is 2. The van der Waals surface area contributed by atoms with Crippen molar-refractivity contribution < 1.29 is 5.11 Å². The van der Waals surface area contributed by atoms with Crippen LogP contribution in [0.1, 0.15) is 49.3 Å². The molecule has 1 aromatic carbocycles. The third kappa shape index (κ3) is 3.05. The highest BCUT2D eigenvalue weighted by molar-refractivity contribution is 6.30. The summed E-state index contributed by atoms with van der Waals surface area (Å²) in [6.07, 6.45) is 5.48. The molecule has 3 N–H and O–H groups in total. The first kappa shape index (κ1) is 13.9. The SMILES string of the molecule is Cc1cc(Cl)ccc1[C@H](N)[C@H](O)C1CCCCC1. The van der Waals surface area contributed by atoms with Crippen LogP contribution >= 0.6 is 11.6 Å². The molecule has 0 amide bonds. The monoisotopic (exact) mass is 267 g/mol. The third-order valence-corrected chi connectivity index (χ3v) is 4.33. The Morgan fingerprint density at radius 3 is 2.56 bits per heavy atom. The summed E-state index contributed by atoms with van der Waals surface area (Å²) in [6, 6.07) is 5.39. The molecule has 100 valence electrons. The maximum Gasteiger partial charge on any atom is 0.0760 e. The molecule has 0 spiro atoms. The largest absolute Gasteiger partial charge is 0.391 e. The summed E-state index contributed by atoms with van der Waals surface area (Å²) in [6.45, 7) is 1.99. The van der Waals surface area contributed by atoms with Crippen LogP contribution < -0.4 is 5.73 Å². The van der Waals surface area contributed by atoms with Gasteiger partial charge in [-0.15, -0.1) is 0 Å². The van der Waals surface area contributed by atoms with Gasteiger partial charge < -0.3 is 10.8 Å². The van der Waals surface area contributed by atoms with Crippen molar-refractivity contribution in [3.8, 4) is 0 Å². The van der Waals surface area contributed by atoms with Gasteiger partial charge in [0.05, 0.1) is 12.1 Å². The minimum Gasteiger partial charge on any atom is -0.391 e. The van der Waals surface area contributed by atoms with Gasteiger partial charge in [-0.25, -0.2) is 0 Å². The van der Waals surface area contributed by atoms with E-state index in [2.05, 4.69) is 0 Å². The van der Waals surface area contributed by atoms with E-state index in [0.717, 1.165) is 29.0 Å². The molecule has 1 saturated carbocycles. The summed E-state index contributed by atoms with van der Waals surface area (Å²) in [5.74, 6) is 0.351. The van der Waals surface area contributed by atoms with Gasteiger partial charge in [0.25, 0.3) is 0 Å². The first-order valence-corrected chi connectivity index (χ1v) is 7.17. The predicted molar refractivity (Wildman–Crippen MR) is 75.7 cm³/mol. The number of aliphatic hydroxyl groups excluding tert-OH is 1. The molecule has 1 aliphatic carbocycles. The smallest absolute Gasteiger partial charge is 0.0760 e. The Balaban J connectivity index is 2.11. The first-order valence-electron chi connectivity index (χ1n) is 6.79. The highest BCUT2D eigenvalue weighted by atomic mass is 35.5.